The number of aromatic nitrogens is 1. The Kier molecular flexibility index (Phi) is 5.83. The van der Waals surface area contributed by atoms with Gasteiger partial charge in [0.2, 0.25) is 0 Å². The Bertz CT molecular complexity index is 726. The number of rotatable bonds is 6. The summed E-state index contributed by atoms with van der Waals surface area (Å²) in [7, 11) is 0. The molecular formula is C20H23FN2O3. The molecule has 0 atom stereocenters. The first-order chi connectivity index (χ1) is 12.6. The van der Waals surface area contributed by atoms with E-state index in [1.54, 1.807) is 19.1 Å². The number of ether oxygens (including phenoxy) is 2. The molecule has 5 nitrogen and oxygen atoms in total. The molecule has 0 saturated carbocycles. The van der Waals surface area contributed by atoms with E-state index in [9.17, 15) is 9.18 Å². The predicted molar refractivity (Wildman–Crippen MR) is 96.8 cm³/mol. The molecule has 1 aliphatic rings. The fourth-order valence-electron chi connectivity index (χ4n) is 3.23. The highest BCUT2D eigenvalue weighted by atomic mass is 19.1. The number of hydrogen-bond donors (Lipinski definition) is 1. The fraction of sp³-hybridized carbons (Fsp3) is 0.400. The van der Waals surface area contributed by atoms with Gasteiger partial charge in [0, 0.05) is 31.4 Å². The zero-order valence-electron chi connectivity index (χ0n) is 14.8. The van der Waals surface area contributed by atoms with Crippen LogP contribution in [0.15, 0.2) is 42.6 Å². The van der Waals surface area contributed by atoms with Gasteiger partial charge in [-0.2, -0.15) is 0 Å². The number of hydrogen-bond acceptors (Lipinski definition) is 5. The van der Waals surface area contributed by atoms with E-state index < -0.39 is 0 Å². The predicted octanol–water partition coefficient (Wildman–Crippen LogP) is 3.56. The largest absolute Gasteiger partial charge is 0.462 e. The van der Waals surface area contributed by atoms with Crippen molar-refractivity contribution >= 4 is 11.8 Å². The molecule has 138 valence electrons. The van der Waals surface area contributed by atoms with Gasteiger partial charge in [0.05, 0.1) is 12.2 Å². The Labute approximate surface area is 152 Å². The molecule has 0 spiro atoms. The lowest BCUT2D eigenvalue weighted by atomic mass is 9.74. The first-order valence-electron chi connectivity index (χ1n) is 8.84. The lowest BCUT2D eigenvalue weighted by molar-refractivity contribution is 0.0524. The second-order valence-corrected chi connectivity index (χ2v) is 6.41. The highest BCUT2D eigenvalue weighted by Crippen LogP contribution is 2.35. The SMILES string of the molecule is CCOC(=O)c1ccc(NCC2(c3ccc(F)cc3)CCOCC2)nc1. The van der Waals surface area contributed by atoms with Crippen molar-refractivity contribution in [1.82, 2.24) is 4.98 Å². The zero-order chi connectivity index (χ0) is 18.4. The van der Waals surface area contributed by atoms with Gasteiger partial charge in [0.25, 0.3) is 0 Å². The van der Waals surface area contributed by atoms with Gasteiger partial charge >= 0.3 is 5.97 Å². The van der Waals surface area contributed by atoms with E-state index in [1.807, 2.05) is 12.1 Å². The molecule has 3 rings (SSSR count). The first-order valence-corrected chi connectivity index (χ1v) is 8.84. The Morgan fingerprint density at radius 1 is 1.23 bits per heavy atom. The third kappa shape index (κ3) is 4.19. The second kappa shape index (κ2) is 8.27. The molecule has 1 aromatic heterocycles. The van der Waals surface area contributed by atoms with E-state index >= 15 is 0 Å². The summed E-state index contributed by atoms with van der Waals surface area (Å²) in [6.45, 7) is 4.11. The van der Waals surface area contributed by atoms with Crippen LogP contribution in [0.5, 0.6) is 0 Å². The van der Waals surface area contributed by atoms with Crippen molar-refractivity contribution in [2.24, 2.45) is 0 Å². The van der Waals surface area contributed by atoms with Gasteiger partial charge in [0.1, 0.15) is 11.6 Å². The van der Waals surface area contributed by atoms with Gasteiger partial charge in [0.15, 0.2) is 0 Å². The molecule has 0 bridgehead atoms. The van der Waals surface area contributed by atoms with Crippen molar-refractivity contribution in [1.29, 1.82) is 0 Å². The van der Waals surface area contributed by atoms with Crippen LogP contribution in [-0.2, 0) is 14.9 Å². The summed E-state index contributed by atoms with van der Waals surface area (Å²) in [5, 5.41) is 3.35. The standard InChI is InChI=1S/C20H23FN2O3/c1-2-26-19(24)15-3-8-18(22-13-15)23-14-20(9-11-25-12-10-20)16-4-6-17(21)7-5-16/h3-8,13H,2,9-12,14H2,1H3,(H,22,23). The van der Waals surface area contributed by atoms with Crippen LogP contribution in [-0.4, -0.2) is 37.3 Å². The van der Waals surface area contributed by atoms with E-state index in [0.717, 1.165) is 18.4 Å². The quantitative estimate of drug-likeness (QED) is 0.800. The van der Waals surface area contributed by atoms with E-state index in [-0.39, 0.29) is 17.2 Å². The third-order valence-corrected chi connectivity index (χ3v) is 4.79. The first kappa shape index (κ1) is 18.3. The molecule has 6 heteroatoms. The van der Waals surface area contributed by atoms with Gasteiger partial charge in [-0.05, 0) is 49.6 Å². The van der Waals surface area contributed by atoms with Crippen molar-refractivity contribution in [3.05, 3.63) is 59.5 Å². The van der Waals surface area contributed by atoms with Gasteiger partial charge < -0.3 is 14.8 Å². The smallest absolute Gasteiger partial charge is 0.339 e. The van der Waals surface area contributed by atoms with E-state index in [2.05, 4.69) is 10.3 Å². The van der Waals surface area contributed by atoms with Crippen LogP contribution in [0.4, 0.5) is 10.2 Å². The Hall–Kier alpha value is -2.47. The van der Waals surface area contributed by atoms with Gasteiger partial charge in [-0.3, -0.25) is 0 Å². The van der Waals surface area contributed by atoms with Gasteiger partial charge in [-0.1, -0.05) is 12.1 Å². The average molecular weight is 358 g/mol. The van der Waals surface area contributed by atoms with Crippen molar-refractivity contribution in [3.63, 3.8) is 0 Å². The molecule has 1 fully saturated rings. The van der Waals surface area contributed by atoms with Crippen LogP contribution >= 0.6 is 0 Å². The third-order valence-electron chi connectivity index (χ3n) is 4.79. The molecule has 0 radical (unpaired) electrons. The maximum Gasteiger partial charge on any atom is 0.339 e. The number of esters is 1. The van der Waals surface area contributed by atoms with Crippen LogP contribution in [0.3, 0.4) is 0 Å². The number of benzene rings is 1. The van der Waals surface area contributed by atoms with Crippen LogP contribution < -0.4 is 5.32 Å². The maximum atomic E-state index is 13.3. The number of nitrogens with zero attached hydrogens (tertiary/aromatic N) is 1. The number of nitrogens with one attached hydrogen (secondary N) is 1. The van der Waals surface area contributed by atoms with E-state index in [0.29, 0.717) is 37.7 Å². The molecule has 26 heavy (non-hydrogen) atoms. The maximum absolute atomic E-state index is 13.3. The summed E-state index contributed by atoms with van der Waals surface area (Å²) in [4.78, 5) is 16.0. The van der Waals surface area contributed by atoms with Crippen LogP contribution in [0.2, 0.25) is 0 Å². The molecule has 1 aromatic carbocycles. The fourth-order valence-corrected chi connectivity index (χ4v) is 3.23. The molecule has 1 N–H and O–H groups in total. The average Bonchev–Trinajstić information content (AvgIpc) is 2.68. The van der Waals surface area contributed by atoms with Gasteiger partial charge in [-0.25, -0.2) is 14.2 Å². The summed E-state index contributed by atoms with van der Waals surface area (Å²) in [6.07, 6.45) is 3.22. The zero-order valence-corrected chi connectivity index (χ0v) is 14.8. The summed E-state index contributed by atoms with van der Waals surface area (Å²) < 4.78 is 23.8. The lowest BCUT2D eigenvalue weighted by Crippen LogP contribution is -2.40. The van der Waals surface area contributed by atoms with E-state index in [4.69, 9.17) is 9.47 Å². The molecule has 1 aliphatic heterocycles. The summed E-state index contributed by atoms with van der Waals surface area (Å²) in [6, 6.07) is 10.2. The highest BCUT2D eigenvalue weighted by molar-refractivity contribution is 5.89. The molecular weight excluding hydrogens is 335 g/mol. The molecule has 1 saturated heterocycles. The summed E-state index contributed by atoms with van der Waals surface area (Å²) in [5.41, 5.74) is 1.39. The summed E-state index contributed by atoms with van der Waals surface area (Å²) in [5.74, 6) is 0.0740. The number of carbonyl (C=O) groups is 1. The normalized spacial score (nSPS) is 16.1. The minimum absolute atomic E-state index is 0.132. The van der Waals surface area contributed by atoms with Crippen molar-refractivity contribution < 1.29 is 18.7 Å². The molecule has 0 unspecified atom stereocenters. The second-order valence-electron chi connectivity index (χ2n) is 6.41. The minimum Gasteiger partial charge on any atom is -0.462 e. The highest BCUT2D eigenvalue weighted by Gasteiger charge is 2.34. The summed E-state index contributed by atoms with van der Waals surface area (Å²) >= 11 is 0. The van der Waals surface area contributed by atoms with Crippen LogP contribution in [0.25, 0.3) is 0 Å². The monoisotopic (exact) mass is 358 g/mol. The molecule has 0 aliphatic carbocycles. The number of halogens is 1. The van der Waals surface area contributed by atoms with E-state index in [1.165, 1.54) is 18.3 Å². The Balaban J connectivity index is 1.72. The lowest BCUT2D eigenvalue weighted by Gasteiger charge is -2.38. The number of carbonyl (C=O) groups excluding carboxylic acids is 1. The van der Waals surface area contributed by atoms with Gasteiger partial charge in [-0.15, -0.1) is 0 Å². The topological polar surface area (TPSA) is 60.5 Å². The van der Waals surface area contributed by atoms with Crippen molar-refractivity contribution in [3.8, 4) is 0 Å². The number of anilines is 1. The number of pyridine rings is 1. The van der Waals surface area contributed by atoms with Crippen LogP contribution in [0.1, 0.15) is 35.7 Å². The van der Waals surface area contributed by atoms with Crippen LogP contribution in [0, 0.1) is 5.82 Å². The van der Waals surface area contributed by atoms with Crippen molar-refractivity contribution in [2.45, 2.75) is 25.2 Å². The van der Waals surface area contributed by atoms with Crippen molar-refractivity contribution in [2.75, 3.05) is 31.7 Å². The minimum atomic E-state index is -0.376. The molecule has 2 aromatic rings. The molecule has 0 amide bonds. The Morgan fingerprint density at radius 3 is 2.58 bits per heavy atom. The molecule has 2 heterocycles. The Morgan fingerprint density at radius 2 is 1.96 bits per heavy atom.